The van der Waals surface area contributed by atoms with Gasteiger partial charge in [0.2, 0.25) is 0 Å². The third-order valence-electron chi connectivity index (χ3n) is 4.67. The summed E-state index contributed by atoms with van der Waals surface area (Å²) >= 11 is 0. The van der Waals surface area contributed by atoms with Gasteiger partial charge >= 0.3 is 12.1 Å². The van der Waals surface area contributed by atoms with Gasteiger partial charge in [-0.25, -0.2) is 9.59 Å². The lowest BCUT2D eigenvalue weighted by Gasteiger charge is -2.18. The highest BCUT2D eigenvalue weighted by atomic mass is 16.6. The molecule has 0 saturated carbocycles. The Labute approximate surface area is 159 Å². The lowest BCUT2D eigenvalue weighted by molar-refractivity contribution is -0.142. The van der Waals surface area contributed by atoms with Crippen LogP contribution in [-0.2, 0) is 14.3 Å². The molecule has 0 aliphatic heterocycles. The van der Waals surface area contributed by atoms with Gasteiger partial charge in [0.1, 0.15) is 12.6 Å². The Kier molecular flexibility index (Phi) is 5.60. The van der Waals surface area contributed by atoms with E-state index < -0.39 is 18.1 Å². The standard InChI is InChI=1S/C22H23NO4/c1-14(2)12-20(21(24)26-3)23-22(25)27-13-19-17-10-6-4-8-15(17)16-9-5-7-11-18(16)19/h4-11,19-20H,1,12-13H2,2-3H3,(H,23,25). The van der Waals surface area contributed by atoms with Crippen molar-refractivity contribution in [2.45, 2.75) is 25.3 Å². The summed E-state index contributed by atoms with van der Waals surface area (Å²) in [6.07, 6.45) is -0.342. The van der Waals surface area contributed by atoms with Crippen molar-refractivity contribution in [3.05, 3.63) is 71.8 Å². The summed E-state index contributed by atoms with van der Waals surface area (Å²) < 4.78 is 10.2. The molecule has 0 saturated heterocycles. The topological polar surface area (TPSA) is 64.6 Å². The number of ether oxygens (including phenoxy) is 2. The second kappa shape index (κ2) is 8.08. The van der Waals surface area contributed by atoms with Crippen molar-refractivity contribution in [1.82, 2.24) is 5.32 Å². The first-order valence-corrected chi connectivity index (χ1v) is 8.85. The van der Waals surface area contributed by atoms with Gasteiger partial charge in [-0.1, -0.05) is 54.1 Å². The summed E-state index contributed by atoms with van der Waals surface area (Å²) in [5, 5.41) is 2.57. The second-order valence-electron chi connectivity index (χ2n) is 6.71. The summed E-state index contributed by atoms with van der Waals surface area (Å²) in [7, 11) is 1.28. The Morgan fingerprint density at radius 1 is 1.07 bits per heavy atom. The number of amides is 1. The molecule has 1 aliphatic rings. The van der Waals surface area contributed by atoms with Crippen LogP contribution in [0.15, 0.2) is 60.7 Å². The molecule has 1 atom stereocenters. The van der Waals surface area contributed by atoms with Crippen molar-refractivity contribution < 1.29 is 19.1 Å². The van der Waals surface area contributed by atoms with E-state index in [-0.39, 0.29) is 12.5 Å². The number of esters is 1. The quantitative estimate of drug-likeness (QED) is 0.620. The minimum absolute atomic E-state index is 0.0270. The molecule has 2 aromatic carbocycles. The van der Waals surface area contributed by atoms with Gasteiger partial charge in [0, 0.05) is 5.92 Å². The smallest absolute Gasteiger partial charge is 0.407 e. The largest absolute Gasteiger partial charge is 0.467 e. The minimum atomic E-state index is -0.803. The molecule has 0 fully saturated rings. The highest BCUT2D eigenvalue weighted by Crippen LogP contribution is 2.44. The third kappa shape index (κ3) is 4.03. The van der Waals surface area contributed by atoms with E-state index in [1.807, 2.05) is 24.3 Å². The first-order valence-electron chi connectivity index (χ1n) is 8.85. The molecule has 5 heteroatoms. The van der Waals surface area contributed by atoms with E-state index in [2.05, 4.69) is 36.2 Å². The van der Waals surface area contributed by atoms with E-state index in [1.54, 1.807) is 6.92 Å². The summed E-state index contributed by atoms with van der Waals surface area (Å²) in [5.74, 6) is -0.549. The number of hydrogen-bond acceptors (Lipinski definition) is 4. The molecule has 5 nitrogen and oxygen atoms in total. The molecule has 1 aliphatic carbocycles. The van der Waals surface area contributed by atoms with Gasteiger partial charge < -0.3 is 14.8 Å². The maximum atomic E-state index is 12.3. The lowest BCUT2D eigenvalue weighted by Crippen LogP contribution is -2.42. The summed E-state index contributed by atoms with van der Waals surface area (Å²) in [4.78, 5) is 24.1. The average molecular weight is 365 g/mol. The fourth-order valence-corrected chi connectivity index (χ4v) is 3.47. The van der Waals surface area contributed by atoms with E-state index in [0.29, 0.717) is 6.42 Å². The second-order valence-corrected chi connectivity index (χ2v) is 6.71. The summed E-state index contributed by atoms with van der Waals surface area (Å²) in [5.41, 5.74) is 5.37. The van der Waals surface area contributed by atoms with Crippen LogP contribution >= 0.6 is 0 Å². The van der Waals surface area contributed by atoms with Crippen molar-refractivity contribution in [1.29, 1.82) is 0 Å². The molecule has 1 unspecified atom stereocenters. The van der Waals surface area contributed by atoms with Crippen LogP contribution in [0.1, 0.15) is 30.4 Å². The Bertz CT molecular complexity index is 829. The number of rotatable bonds is 6. The first-order chi connectivity index (χ1) is 13.0. The zero-order valence-electron chi connectivity index (χ0n) is 15.5. The average Bonchev–Trinajstić information content (AvgIpc) is 2.99. The predicted molar refractivity (Wildman–Crippen MR) is 103 cm³/mol. The van der Waals surface area contributed by atoms with Gasteiger partial charge in [0.15, 0.2) is 0 Å². The fraction of sp³-hybridized carbons (Fsp3) is 0.273. The van der Waals surface area contributed by atoms with Crippen molar-refractivity contribution >= 4 is 12.1 Å². The number of benzene rings is 2. The molecule has 2 aromatic rings. The summed E-state index contributed by atoms with van der Waals surface area (Å²) in [6, 6.07) is 15.4. The number of carbonyl (C=O) groups is 2. The van der Waals surface area contributed by atoms with E-state index in [0.717, 1.165) is 27.8 Å². The zero-order chi connectivity index (χ0) is 19.4. The van der Waals surface area contributed by atoms with Crippen LogP contribution in [0.2, 0.25) is 0 Å². The monoisotopic (exact) mass is 365 g/mol. The molecule has 27 heavy (non-hydrogen) atoms. The van der Waals surface area contributed by atoms with Crippen LogP contribution in [0.4, 0.5) is 4.79 Å². The van der Waals surface area contributed by atoms with E-state index >= 15 is 0 Å². The van der Waals surface area contributed by atoms with Gasteiger partial charge in [-0.3, -0.25) is 0 Å². The third-order valence-corrected chi connectivity index (χ3v) is 4.67. The number of fused-ring (bicyclic) bond motifs is 3. The van der Waals surface area contributed by atoms with Crippen LogP contribution in [0.5, 0.6) is 0 Å². The number of hydrogen-bond donors (Lipinski definition) is 1. The molecule has 140 valence electrons. The highest BCUT2D eigenvalue weighted by Gasteiger charge is 2.29. The lowest BCUT2D eigenvalue weighted by atomic mass is 9.98. The maximum Gasteiger partial charge on any atom is 0.407 e. The first kappa shape index (κ1) is 18.7. The Hall–Kier alpha value is -3.08. The van der Waals surface area contributed by atoms with Gasteiger partial charge in [-0.05, 0) is 35.6 Å². The highest BCUT2D eigenvalue weighted by molar-refractivity contribution is 5.82. The molecule has 0 bridgehead atoms. The molecular weight excluding hydrogens is 342 g/mol. The van der Waals surface area contributed by atoms with Gasteiger partial charge in [-0.2, -0.15) is 0 Å². The number of alkyl carbamates (subject to hydrolysis) is 1. The molecule has 0 heterocycles. The number of nitrogens with one attached hydrogen (secondary N) is 1. The molecule has 0 radical (unpaired) electrons. The van der Waals surface area contributed by atoms with Crippen molar-refractivity contribution in [3.8, 4) is 11.1 Å². The molecule has 3 rings (SSSR count). The van der Waals surface area contributed by atoms with Crippen molar-refractivity contribution in [2.75, 3.05) is 13.7 Å². The van der Waals surface area contributed by atoms with Crippen LogP contribution < -0.4 is 5.32 Å². The molecule has 1 N–H and O–H groups in total. The Morgan fingerprint density at radius 3 is 2.15 bits per heavy atom. The number of methoxy groups -OCH3 is 1. The van der Waals surface area contributed by atoms with Crippen LogP contribution in [0.25, 0.3) is 11.1 Å². The molecule has 0 spiro atoms. The minimum Gasteiger partial charge on any atom is -0.467 e. The van der Waals surface area contributed by atoms with Crippen molar-refractivity contribution in [3.63, 3.8) is 0 Å². The van der Waals surface area contributed by atoms with Crippen LogP contribution in [-0.4, -0.2) is 31.8 Å². The fourth-order valence-electron chi connectivity index (χ4n) is 3.47. The molecular formula is C22H23NO4. The van der Waals surface area contributed by atoms with E-state index in [9.17, 15) is 9.59 Å². The number of carbonyl (C=O) groups excluding carboxylic acids is 2. The van der Waals surface area contributed by atoms with Crippen LogP contribution in [0.3, 0.4) is 0 Å². The molecule has 1 amide bonds. The van der Waals surface area contributed by atoms with Gasteiger partial charge in [0.05, 0.1) is 7.11 Å². The van der Waals surface area contributed by atoms with E-state index in [4.69, 9.17) is 9.47 Å². The Balaban J connectivity index is 1.70. The molecule has 0 aromatic heterocycles. The van der Waals surface area contributed by atoms with Gasteiger partial charge in [-0.15, -0.1) is 6.58 Å². The van der Waals surface area contributed by atoms with Gasteiger partial charge in [0.25, 0.3) is 0 Å². The van der Waals surface area contributed by atoms with Crippen molar-refractivity contribution in [2.24, 2.45) is 0 Å². The summed E-state index contributed by atoms with van der Waals surface area (Å²) in [6.45, 7) is 5.76. The maximum absolute atomic E-state index is 12.3. The van der Waals surface area contributed by atoms with Crippen LogP contribution in [0, 0.1) is 0 Å². The normalized spacial score (nSPS) is 13.3. The predicted octanol–water partition coefficient (Wildman–Crippen LogP) is 4.03. The Morgan fingerprint density at radius 2 is 1.63 bits per heavy atom. The SMILES string of the molecule is C=C(C)CC(NC(=O)OCC1c2ccccc2-c2ccccc21)C(=O)OC. The van der Waals surface area contributed by atoms with E-state index in [1.165, 1.54) is 7.11 Å². The zero-order valence-corrected chi connectivity index (χ0v) is 15.5.